The van der Waals surface area contributed by atoms with Crippen molar-refractivity contribution in [2.75, 3.05) is 13.1 Å². The molecule has 1 fully saturated rings. The predicted molar refractivity (Wildman–Crippen MR) is 56.0 cm³/mol. The largest absolute Gasteiger partial charge is 0.375 e. The van der Waals surface area contributed by atoms with Crippen molar-refractivity contribution in [1.29, 1.82) is 0 Å². The van der Waals surface area contributed by atoms with Crippen LogP contribution >= 0.6 is 0 Å². The van der Waals surface area contributed by atoms with Gasteiger partial charge in [0, 0.05) is 12.6 Å². The number of piperidine rings is 1. The first-order valence-electron chi connectivity index (χ1n) is 5.53. The summed E-state index contributed by atoms with van der Waals surface area (Å²) in [6.45, 7) is 11.2. The van der Waals surface area contributed by atoms with Crippen molar-refractivity contribution in [2.24, 2.45) is 0 Å². The van der Waals surface area contributed by atoms with E-state index in [0.717, 1.165) is 0 Å². The molecule has 0 unspecified atom stereocenters. The van der Waals surface area contributed by atoms with Gasteiger partial charge in [0.05, 0.1) is 12.2 Å². The van der Waals surface area contributed by atoms with Gasteiger partial charge < -0.3 is 9.64 Å². The second-order valence-corrected chi connectivity index (χ2v) is 4.31. The number of nitrogens with zero attached hydrogens (tertiary/aromatic N) is 1. The molecule has 1 aliphatic heterocycles. The number of hydrogen-bond acceptors (Lipinski definition) is 2. The highest BCUT2D eigenvalue weighted by atomic mass is 16.5. The summed E-state index contributed by atoms with van der Waals surface area (Å²) in [6.07, 6.45) is 3.28. The quantitative estimate of drug-likeness (QED) is 0.669. The van der Waals surface area contributed by atoms with Crippen molar-refractivity contribution in [3.8, 4) is 0 Å². The fourth-order valence-electron chi connectivity index (χ4n) is 2.16. The van der Waals surface area contributed by atoms with E-state index >= 15 is 0 Å². The molecule has 0 saturated carbocycles. The molecular formula is C11H23NO. The molecular weight excluding hydrogens is 162 g/mol. The second-order valence-electron chi connectivity index (χ2n) is 4.31. The van der Waals surface area contributed by atoms with E-state index in [2.05, 4.69) is 32.6 Å². The minimum atomic E-state index is 0.380. The van der Waals surface area contributed by atoms with Gasteiger partial charge in [-0.2, -0.15) is 0 Å². The summed E-state index contributed by atoms with van der Waals surface area (Å²) >= 11 is 0. The zero-order chi connectivity index (χ0) is 9.84. The predicted octanol–water partition coefficient (Wildman–Crippen LogP) is 2.28. The van der Waals surface area contributed by atoms with Gasteiger partial charge in [0.1, 0.15) is 0 Å². The van der Waals surface area contributed by atoms with E-state index in [1.165, 1.54) is 25.9 Å². The molecule has 0 aromatic carbocycles. The molecule has 0 radical (unpaired) electrons. The van der Waals surface area contributed by atoms with E-state index in [1.54, 1.807) is 0 Å². The van der Waals surface area contributed by atoms with Crippen LogP contribution in [0, 0.1) is 0 Å². The average molecular weight is 185 g/mol. The van der Waals surface area contributed by atoms with Gasteiger partial charge in [0.15, 0.2) is 0 Å². The number of ether oxygens (including phenoxy) is 1. The molecule has 1 rings (SSSR count). The molecule has 13 heavy (non-hydrogen) atoms. The van der Waals surface area contributed by atoms with Crippen LogP contribution in [0.5, 0.6) is 0 Å². The molecule has 0 aliphatic carbocycles. The molecule has 1 heterocycles. The van der Waals surface area contributed by atoms with Crippen LogP contribution in [0.25, 0.3) is 0 Å². The SMILES string of the molecule is CCN1CC[C@H](OC(C)C)C[C@@H]1C. The maximum atomic E-state index is 5.83. The van der Waals surface area contributed by atoms with Crippen molar-refractivity contribution in [3.63, 3.8) is 0 Å². The first kappa shape index (κ1) is 11.0. The second kappa shape index (κ2) is 4.97. The van der Waals surface area contributed by atoms with E-state index in [4.69, 9.17) is 4.74 Å². The van der Waals surface area contributed by atoms with E-state index in [9.17, 15) is 0 Å². The molecule has 2 nitrogen and oxygen atoms in total. The van der Waals surface area contributed by atoms with Gasteiger partial charge in [-0.05, 0) is 40.2 Å². The summed E-state index contributed by atoms with van der Waals surface area (Å²) in [7, 11) is 0. The lowest BCUT2D eigenvalue weighted by Crippen LogP contribution is -2.43. The summed E-state index contributed by atoms with van der Waals surface area (Å²) < 4.78 is 5.83. The van der Waals surface area contributed by atoms with Crippen molar-refractivity contribution in [1.82, 2.24) is 4.90 Å². The van der Waals surface area contributed by atoms with Gasteiger partial charge in [-0.1, -0.05) is 6.92 Å². The lowest BCUT2D eigenvalue weighted by Gasteiger charge is -2.37. The first-order valence-corrected chi connectivity index (χ1v) is 5.53. The number of likely N-dealkylation sites (tertiary alicyclic amines) is 1. The third-order valence-corrected chi connectivity index (χ3v) is 2.84. The van der Waals surface area contributed by atoms with Crippen molar-refractivity contribution >= 4 is 0 Å². The zero-order valence-corrected chi connectivity index (χ0v) is 9.42. The molecule has 0 bridgehead atoms. The van der Waals surface area contributed by atoms with Crippen LogP contribution in [-0.4, -0.2) is 36.2 Å². The monoisotopic (exact) mass is 185 g/mol. The van der Waals surface area contributed by atoms with Crippen LogP contribution < -0.4 is 0 Å². The van der Waals surface area contributed by atoms with Crippen molar-refractivity contribution in [3.05, 3.63) is 0 Å². The van der Waals surface area contributed by atoms with Gasteiger partial charge in [-0.15, -0.1) is 0 Å². The fraction of sp³-hybridized carbons (Fsp3) is 1.00. The van der Waals surface area contributed by atoms with Gasteiger partial charge in [-0.25, -0.2) is 0 Å². The van der Waals surface area contributed by atoms with Gasteiger partial charge in [0.25, 0.3) is 0 Å². The lowest BCUT2D eigenvalue weighted by atomic mass is 10.0. The molecule has 2 heteroatoms. The third kappa shape index (κ3) is 3.28. The molecule has 0 aromatic heterocycles. The van der Waals surface area contributed by atoms with Crippen LogP contribution in [0.3, 0.4) is 0 Å². The van der Waals surface area contributed by atoms with E-state index in [-0.39, 0.29) is 0 Å². The molecule has 0 spiro atoms. The molecule has 2 atom stereocenters. The molecule has 0 N–H and O–H groups in total. The number of rotatable bonds is 3. The molecule has 0 aromatic rings. The highest BCUT2D eigenvalue weighted by Gasteiger charge is 2.24. The Morgan fingerprint density at radius 2 is 2.15 bits per heavy atom. The van der Waals surface area contributed by atoms with Gasteiger partial charge in [-0.3, -0.25) is 0 Å². The van der Waals surface area contributed by atoms with Crippen LogP contribution in [0.1, 0.15) is 40.5 Å². The molecule has 1 aliphatic rings. The Labute approximate surface area is 82.3 Å². The Kier molecular flexibility index (Phi) is 4.20. The Morgan fingerprint density at radius 1 is 1.46 bits per heavy atom. The molecule has 78 valence electrons. The minimum Gasteiger partial charge on any atom is -0.375 e. The summed E-state index contributed by atoms with van der Waals surface area (Å²) in [5, 5.41) is 0. The Bertz CT molecular complexity index is 147. The Morgan fingerprint density at radius 3 is 2.62 bits per heavy atom. The zero-order valence-electron chi connectivity index (χ0n) is 9.42. The topological polar surface area (TPSA) is 12.5 Å². The van der Waals surface area contributed by atoms with Crippen molar-refractivity contribution < 1.29 is 4.74 Å². The van der Waals surface area contributed by atoms with Crippen LogP contribution in [0.2, 0.25) is 0 Å². The van der Waals surface area contributed by atoms with E-state index in [1.807, 2.05) is 0 Å². The maximum absolute atomic E-state index is 5.83. The fourth-order valence-corrected chi connectivity index (χ4v) is 2.16. The standard InChI is InChI=1S/C11H23NO/c1-5-12-7-6-11(8-10(12)4)13-9(2)3/h9-11H,5-8H2,1-4H3/t10-,11-/m0/s1. The summed E-state index contributed by atoms with van der Waals surface area (Å²) in [5.74, 6) is 0. The number of hydrogen-bond donors (Lipinski definition) is 0. The Hall–Kier alpha value is -0.0800. The normalized spacial score (nSPS) is 31.2. The molecule has 0 amide bonds. The first-order chi connectivity index (χ1) is 6.13. The van der Waals surface area contributed by atoms with Crippen LogP contribution in [0.4, 0.5) is 0 Å². The highest BCUT2D eigenvalue weighted by molar-refractivity contribution is 4.78. The Balaban J connectivity index is 2.32. The smallest absolute Gasteiger partial charge is 0.0605 e. The third-order valence-electron chi connectivity index (χ3n) is 2.84. The highest BCUT2D eigenvalue weighted by Crippen LogP contribution is 2.20. The molecule has 1 saturated heterocycles. The van der Waals surface area contributed by atoms with Crippen LogP contribution in [-0.2, 0) is 4.74 Å². The van der Waals surface area contributed by atoms with Gasteiger partial charge in [0.2, 0.25) is 0 Å². The summed E-state index contributed by atoms with van der Waals surface area (Å²) in [5.41, 5.74) is 0. The average Bonchev–Trinajstić information content (AvgIpc) is 2.03. The van der Waals surface area contributed by atoms with Crippen molar-refractivity contribution in [2.45, 2.75) is 58.8 Å². The minimum absolute atomic E-state index is 0.380. The van der Waals surface area contributed by atoms with Crippen LogP contribution in [0.15, 0.2) is 0 Å². The maximum Gasteiger partial charge on any atom is 0.0605 e. The summed E-state index contributed by atoms with van der Waals surface area (Å²) in [6, 6.07) is 0.697. The van der Waals surface area contributed by atoms with Gasteiger partial charge >= 0.3 is 0 Å². The van der Waals surface area contributed by atoms with E-state index in [0.29, 0.717) is 18.2 Å². The lowest BCUT2D eigenvalue weighted by molar-refractivity contribution is -0.0403. The summed E-state index contributed by atoms with van der Waals surface area (Å²) in [4.78, 5) is 2.53. The van der Waals surface area contributed by atoms with E-state index < -0.39 is 0 Å².